The molecule has 1 saturated carbocycles. The molecule has 1 aliphatic rings. The maximum Gasteiger partial charge on any atom is 0.197 e. The van der Waals surface area contributed by atoms with Crippen molar-refractivity contribution in [2.45, 2.75) is 24.9 Å². The third-order valence-corrected chi connectivity index (χ3v) is 2.80. The van der Waals surface area contributed by atoms with Crippen molar-refractivity contribution in [1.82, 2.24) is 0 Å². The number of aliphatic hydroxyl groups is 1. The molecule has 1 aliphatic carbocycles. The maximum atomic E-state index is 13.4. The molecular formula is C11H12F2O3. The summed E-state index contributed by atoms with van der Waals surface area (Å²) in [4.78, 5) is 0. The maximum absolute atomic E-state index is 13.4. The van der Waals surface area contributed by atoms with Crippen LogP contribution in [0.4, 0.5) is 8.78 Å². The minimum Gasteiger partial charge on any atom is -0.504 e. The van der Waals surface area contributed by atoms with E-state index >= 15 is 0 Å². The number of phenolic OH excluding ortho intramolecular Hbond substituents is 1. The molecule has 0 aromatic heterocycles. The van der Waals surface area contributed by atoms with Gasteiger partial charge in [-0.1, -0.05) is 0 Å². The fraction of sp³-hybridized carbons (Fsp3) is 0.455. The quantitative estimate of drug-likeness (QED) is 0.831. The summed E-state index contributed by atoms with van der Waals surface area (Å²) in [6.07, 6.45) is 1.10. The molecule has 0 bridgehead atoms. The number of aromatic hydroxyl groups is 1. The Hall–Kier alpha value is -1.36. The Kier molecular flexibility index (Phi) is 2.50. The molecule has 1 fully saturated rings. The molecule has 0 atom stereocenters. The lowest BCUT2D eigenvalue weighted by Crippen LogP contribution is -2.13. The number of ether oxygens (including phenoxy) is 1. The van der Waals surface area contributed by atoms with Gasteiger partial charge in [0.2, 0.25) is 0 Å². The van der Waals surface area contributed by atoms with Gasteiger partial charge in [0.05, 0.1) is 12.7 Å². The zero-order valence-electron chi connectivity index (χ0n) is 8.76. The SMILES string of the molecule is COc1c(F)cc(F)c(CC2(O)CC2)c1O. The molecule has 0 heterocycles. The molecule has 5 heteroatoms. The second-order valence-electron chi connectivity index (χ2n) is 4.10. The number of rotatable bonds is 3. The zero-order chi connectivity index (χ0) is 11.9. The first kappa shape index (κ1) is 11.1. The van der Waals surface area contributed by atoms with E-state index in [-0.39, 0.29) is 17.7 Å². The highest BCUT2D eigenvalue weighted by Crippen LogP contribution is 2.43. The lowest BCUT2D eigenvalue weighted by molar-refractivity contribution is 0.148. The van der Waals surface area contributed by atoms with Crippen LogP contribution in [-0.4, -0.2) is 22.9 Å². The van der Waals surface area contributed by atoms with Crippen molar-refractivity contribution < 1.29 is 23.7 Å². The van der Waals surface area contributed by atoms with Crippen LogP contribution in [-0.2, 0) is 6.42 Å². The summed E-state index contributed by atoms with van der Waals surface area (Å²) in [7, 11) is 1.19. The molecule has 1 aromatic rings. The number of hydrogen-bond acceptors (Lipinski definition) is 3. The van der Waals surface area contributed by atoms with Gasteiger partial charge in [0, 0.05) is 18.1 Å². The third-order valence-electron chi connectivity index (χ3n) is 2.80. The van der Waals surface area contributed by atoms with Crippen LogP contribution in [0.1, 0.15) is 18.4 Å². The molecule has 16 heavy (non-hydrogen) atoms. The highest BCUT2D eigenvalue weighted by molar-refractivity contribution is 5.48. The molecule has 0 aliphatic heterocycles. The molecule has 2 rings (SSSR count). The van der Waals surface area contributed by atoms with E-state index in [2.05, 4.69) is 4.74 Å². The summed E-state index contributed by atoms with van der Waals surface area (Å²) in [5, 5.41) is 19.3. The minimum atomic E-state index is -0.957. The van der Waals surface area contributed by atoms with E-state index < -0.39 is 23.0 Å². The van der Waals surface area contributed by atoms with Crippen molar-refractivity contribution in [3.63, 3.8) is 0 Å². The van der Waals surface area contributed by atoms with Crippen LogP contribution >= 0.6 is 0 Å². The van der Waals surface area contributed by atoms with Gasteiger partial charge >= 0.3 is 0 Å². The first-order valence-electron chi connectivity index (χ1n) is 4.93. The summed E-state index contributed by atoms with van der Waals surface area (Å²) in [5.74, 6) is -2.78. The van der Waals surface area contributed by atoms with Crippen molar-refractivity contribution in [1.29, 1.82) is 0 Å². The van der Waals surface area contributed by atoms with Crippen LogP contribution in [0.5, 0.6) is 11.5 Å². The van der Waals surface area contributed by atoms with Crippen molar-refractivity contribution in [3.05, 3.63) is 23.3 Å². The van der Waals surface area contributed by atoms with Crippen molar-refractivity contribution in [2.75, 3.05) is 7.11 Å². The Bertz CT molecular complexity index is 428. The summed E-state index contributed by atoms with van der Waals surface area (Å²) in [6, 6.07) is 0.652. The number of benzene rings is 1. The normalized spacial score (nSPS) is 17.2. The van der Waals surface area contributed by atoms with Crippen LogP contribution in [0.25, 0.3) is 0 Å². The average molecular weight is 230 g/mol. The topological polar surface area (TPSA) is 49.7 Å². The van der Waals surface area contributed by atoms with Gasteiger partial charge in [-0.3, -0.25) is 0 Å². The van der Waals surface area contributed by atoms with E-state index in [1.807, 2.05) is 0 Å². The second-order valence-corrected chi connectivity index (χ2v) is 4.10. The summed E-state index contributed by atoms with van der Waals surface area (Å²) < 4.78 is 31.2. The molecule has 1 aromatic carbocycles. The Morgan fingerprint density at radius 1 is 1.38 bits per heavy atom. The summed E-state index contributed by atoms with van der Waals surface area (Å²) >= 11 is 0. The van der Waals surface area contributed by atoms with Gasteiger partial charge < -0.3 is 14.9 Å². The molecule has 3 nitrogen and oxygen atoms in total. The van der Waals surface area contributed by atoms with E-state index in [1.54, 1.807) is 0 Å². The monoisotopic (exact) mass is 230 g/mol. The van der Waals surface area contributed by atoms with Gasteiger partial charge in [-0.2, -0.15) is 0 Å². The van der Waals surface area contributed by atoms with Crippen molar-refractivity contribution in [2.24, 2.45) is 0 Å². The first-order chi connectivity index (χ1) is 7.47. The molecule has 0 unspecified atom stereocenters. The predicted molar refractivity (Wildman–Crippen MR) is 52.5 cm³/mol. The Labute approximate surface area is 91.3 Å². The van der Waals surface area contributed by atoms with Gasteiger partial charge in [-0.15, -0.1) is 0 Å². The number of phenols is 1. The molecule has 0 amide bonds. The molecule has 2 N–H and O–H groups in total. The molecule has 0 spiro atoms. The van der Waals surface area contributed by atoms with Crippen molar-refractivity contribution >= 4 is 0 Å². The van der Waals surface area contributed by atoms with Gasteiger partial charge in [0.15, 0.2) is 17.3 Å². The standard InChI is InChI=1S/C11H12F2O3/c1-16-10-8(13)4-7(12)6(9(10)14)5-11(15)2-3-11/h4,14-15H,2-3,5H2,1H3. The number of hydrogen-bond donors (Lipinski definition) is 2. The van der Waals surface area contributed by atoms with Gasteiger partial charge in [0.1, 0.15) is 5.82 Å². The number of methoxy groups -OCH3 is 1. The lowest BCUT2D eigenvalue weighted by Gasteiger charge is -2.13. The highest BCUT2D eigenvalue weighted by Gasteiger charge is 2.42. The van der Waals surface area contributed by atoms with Gasteiger partial charge in [-0.25, -0.2) is 8.78 Å². The third kappa shape index (κ3) is 1.82. The van der Waals surface area contributed by atoms with Crippen LogP contribution < -0.4 is 4.74 Å². The first-order valence-corrected chi connectivity index (χ1v) is 4.93. The summed E-state index contributed by atoms with van der Waals surface area (Å²) in [5.41, 5.74) is -1.06. The minimum absolute atomic E-state index is 0.0265. The van der Waals surface area contributed by atoms with E-state index in [9.17, 15) is 19.0 Å². The fourth-order valence-electron chi connectivity index (χ4n) is 1.64. The fourth-order valence-corrected chi connectivity index (χ4v) is 1.64. The van der Waals surface area contributed by atoms with Gasteiger partial charge in [-0.05, 0) is 12.8 Å². The largest absolute Gasteiger partial charge is 0.504 e. The van der Waals surface area contributed by atoms with Crippen molar-refractivity contribution in [3.8, 4) is 11.5 Å². The van der Waals surface area contributed by atoms with Crippen LogP contribution in [0.3, 0.4) is 0 Å². The Balaban J connectivity index is 2.43. The van der Waals surface area contributed by atoms with Gasteiger partial charge in [0.25, 0.3) is 0 Å². The van der Waals surface area contributed by atoms with E-state index in [4.69, 9.17) is 0 Å². The zero-order valence-corrected chi connectivity index (χ0v) is 8.76. The highest BCUT2D eigenvalue weighted by atomic mass is 19.1. The Morgan fingerprint density at radius 2 is 2.00 bits per heavy atom. The molecule has 88 valence electrons. The average Bonchev–Trinajstić information content (AvgIpc) is 2.92. The molecular weight excluding hydrogens is 218 g/mol. The second kappa shape index (κ2) is 3.59. The Morgan fingerprint density at radius 3 is 2.50 bits per heavy atom. The van der Waals surface area contributed by atoms with Crippen LogP contribution in [0.2, 0.25) is 0 Å². The number of halogens is 2. The van der Waals surface area contributed by atoms with E-state index in [0.29, 0.717) is 18.9 Å². The molecule has 0 saturated heterocycles. The molecule has 0 radical (unpaired) electrons. The smallest absolute Gasteiger partial charge is 0.197 e. The summed E-state index contributed by atoms with van der Waals surface area (Å²) in [6.45, 7) is 0. The van der Waals surface area contributed by atoms with Crippen LogP contribution in [0, 0.1) is 11.6 Å². The van der Waals surface area contributed by atoms with Crippen LogP contribution in [0.15, 0.2) is 6.07 Å². The van der Waals surface area contributed by atoms with E-state index in [1.165, 1.54) is 7.11 Å². The van der Waals surface area contributed by atoms with E-state index in [0.717, 1.165) is 0 Å². The predicted octanol–water partition coefficient (Wildman–Crippen LogP) is 1.75. The lowest BCUT2D eigenvalue weighted by atomic mass is 10.0.